The molecule has 0 radical (unpaired) electrons. The molecule has 5 heteroatoms. The van der Waals surface area contributed by atoms with Gasteiger partial charge in [0.15, 0.2) is 0 Å². The summed E-state index contributed by atoms with van der Waals surface area (Å²) in [6.07, 6.45) is 7.19. The minimum atomic E-state index is 0.0103. The maximum Gasteiger partial charge on any atom is 0.218 e. The second kappa shape index (κ2) is 6.00. The first-order valence-electron chi connectivity index (χ1n) is 6.71. The van der Waals surface area contributed by atoms with Gasteiger partial charge in [0.25, 0.3) is 0 Å². The highest BCUT2D eigenvalue weighted by Gasteiger charge is 2.32. The van der Waals surface area contributed by atoms with E-state index < -0.39 is 0 Å². The van der Waals surface area contributed by atoms with Crippen LogP contribution in [0.15, 0.2) is 12.4 Å². The highest BCUT2D eigenvalue weighted by Crippen LogP contribution is 2.32. The van der Waals surface area contributed by atoms with E-state index in [0.717, 1.165) is 25.1 Å². The molecule has 1 aliphatic rings. The van der Waals surface area contributed by atoms with Crippen LogP contribution in [0, 0.1) is 0 Å². The van der Waals surface area contributed by atoms with Crippen LogP contribution in [-0.2, 0) is 0 Å². The third-order valence-corrected chi connectivity index (χ3v) is 3.44. The topological polar surface area (TPSA) is 73.1 Å². The minimum absolute atomic E-state index is 0.0103. The van der Waals surface area contributed by atoms with E-state index in [4.69, 9.17) is 10.5 Å². The maximum absolute atomic E-state index is 5.90. The van der Waals surface area contributed by atoms with Crippen LogP contribution in [0.1, 0.15) is 39.0 Å². The van der Waals surface area contributed by atoms with Crippen molar-refractivity contribution in [3.8, 4) is 5.88 Å². The van der Waals surface area contributed by atoms with Gasteiger partial charge < -0.3 is 15.8 Å². The molecule has 0 atom stereocenters. The molecule has 1 aliphatic carbocycles. The first kappa shape index (κ1) is 13.1. The fourth-order valence-electron chi connectivity index (χ4n) is 2.40. The zero-order valence-corrected chi connectivity index (χ0v) is 11.0. The summed E-state index contributed by atoms with van der Waals surface area (Å²) in [5.74, 6) is 1.43. The molecule has 0 bridgehead atoms. The molecule has 0 amide bonds. The van der Waals surface area contributed by atoms with Gasteiger partial charge in [-0.25, -0.2) is 9.97 Å². The number of nitrogens with zero attached hydrogens (tertiary/aromatic N) is 2. The van der Waals surface area contributed by atoms with Gasteiger partial charge in [-0.1, -0.05) is 19.8 Å². The van der Waals surface area contributed by atoms with Gasteiger partial charge in [-0.05, 0) is 19.3 Å². The fraction of sp³-hybridized carbons (Fsp3) is 0.692. The predicted octanol–water partition coefficient (Wildman–Crippen LogP) is 1.95. The average molecular weight is 250 g/mol. The summed E-state index contributed by atoms with van der Waals surface area (Å²) in [7, 11) is 0. The van der Waals surface area contributed by atoms with Gasteiger partial charge in [0.05, 0.1) is 12.1 Å². The molecule has 1 heterocycles. The van der Waals surface area contributed by atoms with Crippen LogP contribution in [0.2, 0.25) is 0 Å². The molecule has 5 nitrogen and oxygen atoms in total. The Balaban J connectivity index is 2.04. The number of hydrogen-bond donors (Lipinski definition) is 2. The number of aromatic nitrogens is 2. The summed E-state index contributed by atoms with van der Waals surface area (Å²) in [5.41, 5.74) is 5.91. The van der Waals surface area contributed by atoms with Crippen molar-refractivity contribution in [2.24, 2.45) is 5.73 Å². The third kappa shape index (κ3) is 3.10. The molecule has 2 rings (SSSR count). The summed E-state index contributed by atoms with van der Waals surface area (Å²) >= 11 is 0. The molecule has 0 spiro atoms. The van der Waals surface area contributed by atoms with Gasteiger partial charge in [-0.3, -0.25) is 0 Å². The van der Waals surface area contributed by atoms with Crippen molar-refractivity contribution in [3.05, 3.63) is 12.4 Å². The molecule has 18 heavy (non-hydrogen) atoms. The number of rotatable bonds is 6. The number of anilines is 1. The SMILES string of the molecule is CCCOc1cc(NC2(CN)CCCC2)ncn1. The first-order valence-corrected chi connectivity index (χ1v) is 6.71. The smallest absolute Gasteiger partial charge is 0.218 e. The van der Waals surface area contributed by atoms with Crippen LogP contribution < -0.4 is 15.8 Å². The maximum atomic E-state index is 5.90. The van der Waals surface area contributed by atoms with E-state index in [1.54, 1.807) is 0 Å². The molecule has 1 fully saturated rings. The Morgan fingerprint density at radius 2 is 2.17 bits per heavy atom. The molecule has 1 saturated carbocycles. The van der Waals surface area contributed by atoms with Crippen LogP contribution in [0.25, 0.3) is 0 Å². The van der Waals surface area contributed by atoms with Crippen molar-refractivity contribution in [2.45, 2.75) is 44.6 Å². The van der Waals surface area contributed by atoms with Gasteiger partial charge in [0.1, 0.15) is 12.1 Å². The third-order valence-electron chi connectivity index (χ3n) is 3.44. The second-order valence-corrected chi connectivity index (χ2v) is 4.91. The minimum Gasteiger partial charge on any atom is -0.478 e. The van der Waals surface area contributed by atoms with Crippen molar-refractivity contribution in [1.82, 2.24) is 9.97 Å². The highest BCUT2D eigenvalue weighted by atomic mass is 16.5. The number of nitrogens with one attached hydrogen (secondary N) is 1. The molecule has 3 N–H and O–H groups in total. The van der Waals surface area contributed by atoms with E-state index >= 15 is 0 Å². The van der Waals surface area contributed by atoms with Crippen LogP contribution in [-0.4, -0.2) is 28.7 Å². The monoisotopic (exact) mass is 250 g/mol. The van der Waals surface area contributed by atoms with Gasteiger partial charge in [0.2, 0.25) is 5.88 Å². The number of ether oxygens (including phenoxy) is 1. The first-order chi connectivity index (χ1) is 8.78. The van der Waals surface area contributed by atoms with Crippen molar-refractivity contribution < 1.29 is 4.74 Å². The average Bonchev–Trinajstić information content (AvgIpc) is 2.86. The molecular weight excluding hydrogens is 228 g/mol. The van der Waals surface area contributed by atoms with Crippen molar-refractivity contribution in [1.29, 1.82) is 0 Å². The molecular formula is C13H22N4O. The lowest BCUT2D eigenvalue weighted by molar-refractivity contribution is 0.304. The quantitative estimate of drug-likeness (QED) is 0.807. The van der Waals surface area contributed by atoms with E-state index in [2.05, 4.69) is 22.2 Å². The van der Waals surface area contributed by atoms with Crippen molar-refractivity contribution >= 4 is 5.82 Å². The summed E-state index contributed by atoms with van der Waals surface area (Å²) < 4.78 is 5.50. The standard InChI is InChI=1S/C13H22N4O/c1-2-7-18-12-8-11(15-10-16-12)17-13(9-14)5-3-4-6-13/h8,10H,2-7,9,14H2,1H3,(H,15,16,17). The fourth-order valence-corrected chi connectivity index (χ4v) is 2.40. The predicted molar refractivity (Wildman–Crippen MR) is 71.7 cm³/mol. The Labute approximate surface area is 108 Å². The van der Waals surface area contributed by atoms with E-state index in [1.807, 2.05) is 6.07 Å². The van der Waals surface area contributed by atoms with Crippen LogP contribution in [0.4, 0.5) is 5.82 Å². The molecule has 1 aromatic heterocycles. The Bertz CT molecular complexity index is 377. The van der Waals surface area contributed by atoms with Crippen LogP contribution in [0.5, 0.6) is 5.88 Å². The lowest BCUT2D eigenvalue weighted by atomic mass is 9.98. The normalized spacial score (nSPS) is 17.7. The van der Waals surface area contributed by atoms with Gasteiger partial charge in [-0.2, -0.15) is 0 Å². The van der Waals surface area contributed by atoms with Gasteiger partial charge >= 0.3 is 0 Å². The molecule has 0 aromatic carbocycles. The molecule has 0 aliphatic heterocycles. The number of nitrogens with two attached hydrogens (primary N) is 1. The van der Waals surface area contributed by atoms with Crippen molar-refractivity contribution in [2.75, 3.05) is 18.5 Å². The molecule has 1 aromatic rings. The molecule has 0 saturated heterocycles. The zero-order chi connectivity index (χ0) is 12.8. The van der Waals surface area contributed by atoms with Crippen LogP contribution in [0.3, 0.4) is 0 Å². The lowest BCUT2D eigenvalue weighted by Gasteiger charge is -2.29. The Kier molecular flexibility index (Phi) is 4.36. The summed E-state index contributed by atoms with van der Waals surface area (Å²) in [5, 5.41) is 3.46. The van der Waals surface area contributed by atoms with Gasteiger partial charge in [-0.15, -0.1) is 0 Å². The molecule has 0 unspecified atom stereocenters. The Hall–Kier alpha value is -1.36. The van der Waals surface area contributed by atoms with Gasteiger partial charge in [0, 0.05) is 12.6 Å². The van der Waals surface area contributed by atoms with E-state index in [-0.39, 0.29) is 5.54 Å². The highest BCUT2D eigenvalue weighted by molar-refractivity contribution is 5.40. The summed E-state index contributed by atoms with van der Waals surface area (Å²) in [6, 6.07) is 1.85. The van der Waals surface area contributed by atoms with Crippen molar-refractivity contribution in [3.63, 3.8) is 0 Å². The van der Waals surface area contributed by atoms with Crippen LogP contribution >= 0.6 is 0 Å². The van der Waals surface area contributed by atoms with E-state index in [1.165, 1.54) is 19.2 Å². The number of hydrogen-bond acceptors (Lipinski definition) is 5. The largest absolute Gasteiger partial charge is 0.478 e. The molecule has 100 valence electrons. The lowest BCUT2D eigenvalue weighted by Crippen LogP contribution is -2.43. The second-order valence-electron chi connectivity index (χ2n) is 4.91. The van der Waals surface area contributed by atoms with E-state index in [0.29, 0.717) is 19.0 Å². The zero-order valence-electron chi connectivity index (χ0n) is 11.0. The Morgan fingerprint density at radius 3 is 2.83 bits per heavy atom. The Morgan fingerprint density at radius 1 is 1.39 bits per heavy atom. The van der Waals surface area contributed by atoms with E-state index in [9.17, 15) is 0 Å². The summed E-state index contributed by atoms with van der Waals surface area (Å²) in [6.45, 7) is 3.39. The summed E-state index contributed by atoms with van der Waals surface area (Å²) in [4.78, 5) is 8.34.